The van der Waals surface area contributed by atoms with E-state index in [9.17, 15) is 0 Å². The van der Waals surface area contributed by atoms with Crippen LogP contribution in [0.4, 0.5) is 0 Å². The standard InChI is InChI=1S/C14H19N3O/c1-18-12-14-5-3-13(4-6-14)11-15-8-10-17-9-2-7-16-17/h2-7,9,15H,8,10-12H2,1H3. The Bertz CT molecular complexity index is 437. The Balaban J connectivity index is 1.69. The molecule has 2 aromatic rings. The Labute approximate surface area is 108 Å². The molecule has 2 rings (SSSR count). The first-order chi connectivity index (χ1) is 8.88. The SMILES string of the molecule is COCc1ccc(CNCCn2cccn2)cc1. The molecular weight excluding hydrogens is 226 g/mol. The largest absolute Gasteiger partial charge is 0.380 e. The molecule has 0 bridgehead atoms. The summed E-state index contributed by atoms with van der Waals surface area (Å²) in [6.45, 7) is 3.37. The molecule has 96 valence electrons. The molecule has 0 radical (unpaired) electrons. The molecule has 0 unspecified atom stereocenters. The summed E-state index contributed by atoms with van der Waals surface area (Å²) in [5.41, 5.74) is 2.49. The summed E-state index contributed by atoms with van der Waals surface area (Å²) in [6.07, 6.45) is 3.77. The van der Waals surface area contributed by atoms with E-state index >= 15 is 0 Å². The molecule has 0 saturated carbocycles. The van der Waals surface area contributed by atoms with E-state index in [1.807, 2.05) is 16.9 Å². The number of nitrogens with zero attached hydrogens (tertiary/aromatic N) is 2. The maximum absolute atomic E-state index is 5.08. The number of benzene rings is 1. The van der Waals surface area contributed by atoms with Gasteiger partial charge < -0.3 is 10.1 Å². The Morgan fingerprint density at radius 2 is 2.00 bits per heavy atom. The second kappa shape index (κ2) is 6.93. The molecule has 0 aliphatic heterocycles. The first-order valence-corrected chi connectivity index (χ1v) is 6.13. The minimum absolute atomic E-state index is 0.674. The molecule has 1 aromatic carbocycles. The van der Waals surface area contributed by atoms with E-state index in [-0.39, 0.29) is 0 Å². The summed E-state index contributed by atoms with van der Waals surface area (Å²) < 4.78 is 7.01. The van der Waals surface area contributed by atoms with Crippen molar-refractivity contribution in [1.29, 1.82) is 0 Å². The highest BCUT2D eigenvalue weighted by atomic mass is 16.5. The molecule has 0 aliphatic rings. The van der Waals surface area contributed by atoms with Crippen LogP contribution in [-0.2, 0) is 24.4 Å². The lowest BCUT2D eigenvalue weighted by Gasteiger charge is -2.06. The van der Waals surface area contributed by atoms with E-state index in [1.54, 1.807) is 13.3 Å². The quantitative estimate of drug-likeness (QED) is 0.756. The summed E-state index contributed by atoms with van der Waals surface area (Å²) in [5, 5.41) is 7.55. The fourth-order valence-electron chi connectivity index (χ4n) is 1.78. The summed E-state index contributed by atoms with van der Waals surface area (Å²) in [4.78, 5) is 0. The lowest BCUT2D eigenvalue weighted by atomic mass is 10.1. The highest BCUT2D eigenvalue weighted by Crippen LogP contribution is 2.05. The Kier molecular flexibility index (Phi) is 4.93. The van der Waals surface area contributed by atoms with Gasteiger partial charge in [-0.3, -0.25) is 4.68 Å². The van der Waals surface area contributed by atoms with Gasteiger partial charge in [0.15, 0.2) is 0 Å². The number of ether oxygens (including phenoxy) is 1. The zero-order valence-corrected chi connectivity index (χ0v) is 10.7. The molecule has 0 saturated heterocycles. The van der Waals surface area contributed by atoms with Crippen LogP contribution >= 0.6 is 0 Å². The van der Waals surface area contributed by atoms with Crippen LogP contribution in [0.3, 0.4) is 0 Å². The van der Waals surface area contributed by atoms with Gasteiger partial charge in [0.25, 0.3) is 0 Å². The maximum Gasteiger partial charge on any atom is 0.0713 e. The van der Waals surface area contributed by atoms with Crippen molar-refractivity contribution in [2.75, 3.05) is 13.7 Å². The topological polar surface area (TPSA) is 39.1 Å². The van der Waals surface area contributed by atoms with Gasteiger partial charge in [-0.2, -0.15) is 5.10 Å². The predicted molar refractivity (Wildman–Crippen MR) is 71.1 cm³/mol. The van der Waals surface area contributed by atoms with Crippen LogP contribution in [0.25, 0.3) is 0 Å². The van der Waals surface area contributed by atoms with Gasteiger partial charge in [0, 0.05) is 32.6 Å². The summed E-state index contributed by atoms with van der Waals surface area (Å²) in [5.74, 6) is 0. The Morgan fingerprint density at radius 1 is 1.22 bits per heavy atom. The van der Waals surface area contributed by atoms with Crippen LogP contribution in [0.5, 0.6) is 0 Å². The second-order valence-corrected chi connectivity index (χ2v) is 4.20. The first kappa shape index (κ1) is 12.8. The van der Waals surface area contributed by atoms with Crippen molar-refractivity contribution in [2.24, 2.45) is 0 Å². The Morgan fingerprint density at radius 3 is 2.67 bits per heavy atom. The third-order valence-corrected chi connectivity index (χ3v) is 2.74. The van der Waals surface area contributed by atoms with Crippen LogP contribution < -0.4 is 5.32 Å². The molecule has 0 spiro atoms. The second-order valence-electron chi connectivity index (χ2n) is 4.20. The monoisotopic (exact) mass is 245 g/mol. The van der Waals surface area contributed by atoms with Crippen molar-refractivity contribution < 1.29 is 4.74 Å². The normalized spacial score (nSPS) is 10.7. The van der Waals surface area contributed by atoms with E-state index in [2.05, 4.69) is 34.7 Å². The van der Waals surface area contributed by atoms with Gasteiger partial charge in [0.1, 0.15) is 0 Å². The fourth-order valence-corrected chi connectivity index (χ4v) is 1.78. The highest BCUT2D eigenvalue weighted by Gasteiger charge is 1.95. The number of rotatable bonds is 7. The van der Waals surface area contributed by atoms with Gasteiger partial charge in [-0.25, -0.2) is 0 Å². The molecule has 0 atom stereocenters. The van der Waals surface area contributed by atoms with E-state index in [0.29, 0.717) is 6.61 Å². The number of hydrogen-bond acceptors (Lipinski definition) is 3. The van der Waals surface area contributed by atoms with Gasteiger partial charge in [-0.15, -0.1) is 0 Å². The lowest BCUT2D eigenvalue weighted by molar-refractivity contribution is 0.185. The molecule has 1 N–H and O–H groups in total. The summed E-state index contributed by atoms with van der Waals surface area (Å²) in [7, 11) is 1.71. The van der Waals surface area contributed by atoms with Crippen molar-refractivity contribution in [3.8, 4) is 0 Å². The zero-order valence-electron chi connectivity index (χ0n) is 10.7. The fraction of sp³-hybridized carbons (Fsp3) is 0.357. The third-order valence-electron chi connectivity index (χ3n) is 2.74. The third kappa shape index (κ3) is 3.98. The summed E-state index contributed by atoms with van der Waals surface area (Å²) in [6, 6.07) is 10.4. The molecule has 18 heavy (non-hydrogen) atoms. The smallest absolute Gasteiger partial charge is 0.0713 e. The summed E-state index contributed by atoms with van der Waals surface area (Å²) >= 11 is 0. The van der Waals surface area contributed by atoms with Crippen molar-refractivity contribution in [3.05, 3.63) is 53.9 Å². The van der Waals surface area contributed by atoms with Crippen LogP contribution in [0.15, 0.2) is 42.7 Å². The maximum atomic E-state index is 5.08. The van der Waals surface area contributed by atoms with Crippen LogP contribution in [0.2, 0.25) is 0 Å². The van der Waals surface area contributed by atoms with Crippen molar-refractivity contribution in [2.45, 2.75) is 19.7 Å². The molecular formula is C14H19N3O. The lowest BCUT2D eigenvalue weighted by Crippen LogP contribution is -2.19. The number of hydrogen-bond donors (Lipinski definition) is 1. The van der Waals surface area contributed by atoms with Crippen LogP contribution in [-0.4, -0.2) is 23.4 Å². The minimum atomic E-state index is 0.674. The van der Waals surface area contributed by atoms with Gasteiger partial charge in [0.05, 0.1) is 13.2 Å². The van der Waals surface area contributed by atoms with E-state index < -0.39 is 0 Å². The van der Waals surface area contributed by atoms with E-state index in [0.717, 1.165) is 19.6 Å². The molecule has 0 amide bonds. The number of nitrogens with one attached hydrogen (secondary N) is 1. The predicted octanol–water partition coefficient (Wildman–Crippen LogP) is 1.82. The molecule has 4 nitrogen and oxygen atoms in total. The molecule has 0 fully saturated rings. The minimum Gasteiger partial charge on any atom is -0.380 e. The van der Waals surface area contributed by atoms with Gasteiger partial charge in [0.2, 0.25) is 0 Å². The van der Waals surface area contributed by atoms with Crippen LogP contribution in [0.1, 0.15) is 11.1 Å². The van der Waals surface area contributed by atoms with Crippen molar-refractivity contribution in [1.82, 2.24) is 15.1 Å². The number of aromatic nitrogens is 2. The van der Waals surface area contributed by atoms with Gasteiger partial charge >= 0.3 is 0 Å². The average molecular weight is 245 g/mol. The van der Waals surface area contributed by atoms with Crippen molar-refractivity contribution in [3.63, 3.8) is 0 Å². The van der Waals surface area contributed by atoms with Crippen LogP contribution in [0, 0.1) is 0 Å². The molecule has 4 heteroatoms. The van der Waals surface area contributed by atoms with E-state index in [1.165, 1.54) is 11.1 Å². The molecule has 0 aliphatic carbocycles. The molecule has 1 aromatic heterocycles. The first-order valence-electron chi connectivity index (χ1n) is 6.13. The Hall–Kier alpha value is -1.65. The van der Waals surface area contributed by atoms with Crippen molar-refractivity contribution >= 4 is 0 Å². The molecule has 1 heterocycles. The van der Waals surface area contributed by atoms with Gasteiger partial charge in [-0.1, -0.05) is 24.3 Å². The van der Waals surface area contributed by atoms with Gasteiger partial charge in [-0.05, 0) is 17.2 Å². The number of methoxy groups -OCH3 is 1. The average Bonchev–Trinajstić information content (AvgIpc) is 2.90. The zero-order chi connectivity index (χ0) is 12.6. The highest BCUT2D eigenvalue weighted by molar-refractivity contribution is 5.21. The van der Waals surface area contributed by atoms with E-state index in [4.69, 9.17) is 4.74 Å².